The van der Waals surface area contributed by atoms with Gasteiger partial charge in [-0.1, -0.05) is 24.6 Å². The molecule has 16 heavy (non-hydrogen) atoms. The van der Waals surface area contributed by atoms with Gasteiger partial charge in [0.1, 0.15) is 0 Å². The first-order valence-electron chi connectivity index (χ1n) is 5.33. The van der Waals surface area contributed by atoms with Gasteiger partial charge in [-0.25, -0.2) is 0 Å². The second-order valence-corrected chi connectivity index (χ2v) is 4.95. The number of benzene rings is 1. The summed E-state index contributed by atoms with van der Waals surface area (Å²) in [4.78, 5) is 0. The molecule has 0 aromatic heterocycles. The standard InChI is InChI=1S/C12H17BrClNO/c1-3-10(8-16-2)15-7-9-4-5-12(14)11(13)6-9/h4-6,10,15H,3,7-8H2,1-2H3. The normalized spacial score (nSPS) is 12.8. The van der Waals surface area contributed by atoms with Crippen LogP contribution >= 0.6 is 27.5 Å². The van der Waals surface area contributed by atoms with Crippen LogP contribution in [0.15, 0.2) is 22.7 Å². The Morgan fingerprint density at radius 3 is 2.81 bits per heavy atom. The summed E-state index contributed by atoms with van der Waals surface area (Å²) in [5.74, 6) is 0. The number of rotatable bonds is 6. The molecule has 2 nitrogen and oxygen atoms in total. The summed E-state index contributed by atoms with van der Waals surface area (Å²) < 4.78 is 6.07. The summed E-state index contributed by atoms with van der Waals surface area (Å²) in [6, 6.07) is 6.37. The maximum absolute atomic E-state index is 5.93. The lowest BCUT2D eigenvalue weighted by Gasteiger charge is -2.16. The van der Waals surface area contributed by atoms with Crippen LogP contribution in [0.2, 0.25) is 5.02 Å². The molecule has 1 aromatic carbocycles. The molecule has 1 rings (SSSR count). The van der Waals surface area contributed by atoms with Gasteiger partial charge in [0.15, 0.2) is 0 Å². The fourth-order valence-electron chi connectivity index (χ4n) is 1.43. The van der Waals surface area contributed by atoms with Gasteiger partial charge >= 0.3 is 0 Å². The van der Waals surface area contributed by atoms with E-state index in [0.717, 1.165) is 29.1 Å². The van der Waals surface area contributed by atoms with Crippen molar-refractivity contribution in [3.63, 3.8) is 0 Å². The molecule has 0 bridgehead atoms. The molecule has 0 fully saturated rings. The predicted octanol–water partition coefficient (Wildman–Crippen LogP) is 3.62. The first-order valence-corrected chi connectivity index (χ1v) is 6.50. The summed E-state index contributed by atoms with van der Waals surface area (Å²) in [5.41, 5.74) is 1.21. The molecular formula is C12H17BrClNO. The fourth-order valence-corrected chi connectivity index (χ4v) is 1.98. The topological polar surface area (TPSA) is 21.3 Å². The van der Waals surface area contributed by atoms with Crippen LogP contribution < -0.4 is 5.32 Å². The SMILES string of the molecule is CCC(COC)NCc1ccc(Cl)c(Br)c1. The van der Waals surface area contributed by atoms with Crippen molar-refractivity contribution >= 4 is 27.5 Å². The summed E-state index contributed by atoms with van der Waals surface area (Å²) >= 11 is 9.35. The van der Waals surface area contributed by atoms with E-state index in [0.29, 0.717) is 6.04 Å². The highest BCUT2D eigenvalue weighted by Gasteiger charge is 2.05. The highest BCUT2D eigenvalue weighted by molar-refractivity contribution is 9.10. The number of hydrogen-bond donors (Lipinski definition) is 1. The smallest absolute Gasteiger partial charge is 0.0615 e. The molecule has 1 N–H and O–H groups in total. The Bertz CT molecular complexity index is 333. The van der Waals surface area contributed by atoms with E-state index in [1.807, 2.05) is 18.2 Å². The molecule has 0 aliphatic rings. The summed E-state index contributed by atoms with van der Waals surface area (Å²) in [6.07, 6.45) is 1.06. The zero-order valence-corrected chi connectivity index (χ0v) is 11.9. The Morgan fingerprint density at radius 1 is 1.50 bits per heavy atom. The van der Waals surface area contributed by atoms with Crippen LogP contribution in [0.1, 0.15) is 18.9 Å². The number of nitrogens with one attached hydrogen (secondary N) is 1. The molecule has 0 amide bonds. The summed E-state index contributed by atoms with van der Waals surface area (Å²) in [5, 5.41) is 4.19. The molecule has 1 atom stereocenters. The second kappa shape index (κ2) is 7.28. The molecule has 1 aromatic rings. The van der Waals surface area contributed by atoms with Crippen LogP contribution in [0, 0.1) is 0 Å². The highest BCUT2D eigenvalue weighted by Crippen LogP contribution is 2.23. The minimum Gasteiger partial charge on any atom is -0.383 e. The highest BCUT2D eigenvalue weighted by atomic mass is 79.9. The zero-order chi connectivity index (χ0) is 12.0. The van der Waals surface area contributed by atoms with Gasteiger partial charge in [-0.05, 0) is 40.0 Å². The van der Waals surface area contributed by atoms with Gasteiger partial charge < -0.3 is 10.1 Å². The zero-order valence-electron chi connectivity index (χ0n) is 9.59. The van der Waals surface area contributed by atoms with E-state index in [-0.39, 0.29) is 0 Å². The molecule has 0 aliphatic heterocycles. The van der Waals surface area contributed by atoms with Gasteiger partial charge in [0.2, 0.25) is 0 Å². The molecule has 0 saturated carbocycles. The van der Waals surface area contributed by atoms with E-state index >= 15 is 0 Å². The van der Waals surface area contributed by atoms with Crippen molar-refractivity contribution in [3.05, 3.63) is 33.3 Å². The summed E-state index contributed by atoms with van der Waals surface area (Å²) in [6.45, 7) is 3.72. The Balaban J connectivity index is 2.50. The molecule has 0 saturated heterocycles. The minimum absolute atomic E-state index is 0.402. The molecule has 0 heterocycles. The Kier molecular flexibility index (Phi) is 6.36. The average molecular weight is 307 g/mol. The van der Waals surface area contributed by atoms with E-state index < -0.39 is 0 Å². The molecule has 0 spiro atoms. The van der Waals surface area contributed by atoms with Gasteiger partial charge in [-0.15, -0.1) is 0 Å². The Hall–Kier alpha value is -0.0900. The lowest BCUT2D eigenvalue weighted by Crippen LogP contribution is -2.31. The van der Waals surface area contributed by atoms with Gasteiger partial charge in [0.25, 0.3) is 0 Å². The average Bonchev–Trinajstić information content (AvgIpc) is 2.28. The van der Waals surface area contributed by atoms with Crippen LogP contribution in [0.5, 0.6) is 0 Å². The van der Waals surface area contributed by atoms with Gasteiger partial charge in [-0.3, -0.25) is 0 Å². The van der Waals surface area contributed by atoms with E-state index in [1.165, 1.54) is 5.56 Å². The van der Waals surface area contributed by atoms with E-state index in [2.05, 4.69) is 28.2 Å². The van der Waals surface area contributed by atoms with Gasteiger partial charge in [0, 0.05) is 24.2 Å². The van der Waals surface area contributed by atoms with Crippen LogP contribution in [0.4, 0.5) is 0 Å². The van der Waals surface area contributed by atoms with Crippen LogP contribution in [-0.4, -0.2) is 19.8 Å². The van der Waals surface area contributed by atoms with Crippen molar-refractivity contribution in [2.45, 2.75) is 25.9 Å². The van der Waals surface area contributed by atoms with Gasteiger partial charge in [0.05, 0.1) is 11.6 Å². The monoisotopic (exact) mass is 305 g/mol. The molecule has 1 unspecified atom stereocenters. The van der Waals surface area contributed by atoms with Crippen molar-refractivity contribution in [1.29, 1.82) is 0 Å². The maximum Gasteiger partial charge on any atom is 0.0615 e. The van der Waals surface area contributed by atoms with Crippen molar-refractivity contribution in [2.75, 3.05) is 13.7 Å². The number of hydrogen-bond acceptors (Lipinski definition) is 2. The van der Waals surface area contributed by atoms with Crippen molar-refractivity contribution in [3.8, 4) is 0 Å². The van der Waals surface area contributed by atoms with E-state index in [9.17, 15) is 0 Å². The van der Waals surface area contributed by atoms with Crippen LogP contribution in [0.25, 0.3) is 0 Å². The predicted molar refractivity (Wildman–Crippen MR) is 71.9 cm³/mol. The largest absolute Gasteiger partial charge is 0.383 e. The second-order valence-electron chi connectivity index (χ2n) is 3.69. The molecule has 4 heteroatoms. The Morgan fingerprint density at radius 2 is 2.25 bits per heavy atom. The molecular weight excluding hydrogens is 289 g/mol. The third kappa shape index (κ3) is 4.42. The first kappa shape index (κ1) is 14.0. The fraction of sp³-hybridized carbons (Fsp3) is 0.500. The minimum atomic E-state index is 0.402. The third-order valence-corrected chi connectivity index (χ3v) is 3.65. The van der Waals surface area contributed by atoms with E-state index in [1.54, 1.807) is 7.11 Å². The van der Waals surface area contributed by atoms with Gasteiger partial charge in [-0.2, -0.15) is 0 Å². The third-order valence-electron chi connectivity index (χ3n) is 2.44. The quantitative estimate of drug-likeness (QED) is 0.867. The van der Waals surface area contributed by atoms with Crippen molar-refractivity contribution in [1.82, 2.24) is 5.32 Å². The molecule has 0 radical (unpaired) electrons. The number of ether oxygens (including phenoxy) is 1. The number of methoxy groups -OCH3 is 1. The lowest BCUT2D eigenvalue weighted by atomic mass is 10.2. The maximum atomic E-state index is 5.93. The van der Waals surface area contributed by atoms with Crippen molar-refractivity contribution < 1.29 is 4.74 Å². The van der Waals surface area contributed by atoms with Crippen molar-refractivity contribution in [2.24, 2.45) is 0 Å². The molecule has 0 aliphatic carbocycles. The Labute approximate surface area is 110 Å². The van der Waals surface area contributed by atoms with Crippen LogP contribution in [0.3, 0.4) is 0 Å². The molecule has 90 valence electrons. The first-order chi connectivity index (χ1) is 7.67. The number of halogens is 2. The lowest BCUT2D eigenvalue weighted by molar-refractivity contribution is 0.164. The summed E-state index contributed by atoms with van der Waals surface area (Å²) in [7, 11) is 1.73. The van der Waals surface area contributed by atoms with E-state index in [4.69, 9.17) is 16.3 Å². The van der Waals surface area contributed by atoms with Crippen LogP contribution in [-0.2, 0) is 11.3 Å².